The molecule has 0 aliphatic carbocycles. The van der Waals surface area contributed by atoms with Crippen molar-refractivity contribution in [2.45, 2.75) is 44.2 Å². The molecule has 3 saturated heterocycles. The number of anilines is 1. The average molecular weight is 433 g/mol. The van der Waals surface area contributed by atoms with Gasteiger partial charge in [0, 0.05) is 50.0 Å². The first kappa shape index (κ1) is 21.6. The van der Waals surface area contributed by atoms with Gasteiger partial charge in [-0.3, -0.25) is 4.79 Å². The summed E-state index contributed by atoms with van der Waals surface area (Å²) >= 11 is 0. The lowest BCUT2D eigenvalue weighted by molar-refractivity contribution is -0.0810. The van der Waals surface area contributed by atoms with Crippen molar-refractivity contribution in [3.8, 4) is 0 Å². The molecule has 0 bridgehead atoms. The molecule has 2 aromatic rings. The van der Waals surface area contributed by atoms with Gasteiger partial charge in [0.15, 0.2) is 5.78 Å². The summed E-state index contributed by atoms with van der Waals surface area (Å²) in [5.74, 6) is 0.240. The summed E-state index contributed by atoms with van der Waals surface area (Å²) in [6.07, 6.45) is 6.53. The highest BCUT2D eigenvalue weighted by atomic mass is 16.1. The highest BCUT2D eigenvalue weighted by Gasteiger charge is 2.38. The Bertz CT molecular complexity index is 860. The van der Waals surface area contributed by atoms with E-state index in [1.54, 1.807) is 0 Å². The quantitative estimate of drug-likeness (QED) is 0.668. The van der Waals surface area contributed by atoms with E-state index in [0.717, 1.165) is 44.3 Å². The van der Waals surface area contributed by atoms with E-state index in [2.05, 4.69) is 50.1 Å². The van der Waals surface area contributed by atoms with Gasteiger partial charge in [0.1, 0.15) is 6.04 Å². The van der Waals surface area contributed by atoms with Gasteiger partial charge >= 0.3 is 0 Å². The molecule has 3 aliphatic rings. The van der Waals surface area contributed by atoms with Crippen LogP contribution in [0.3, 0.4) is 0 Å². The Kier molecular flexibility index (Phi) is 6.86. The standard InChI is InChI=1S/C27H36N4O/c32-27(23-10-4-1-5-11-23)26-22-29(24-12-6-2-7-13-24)20-21-31(26)30-18-14-25(15-19-30)28-16-8-3-9-17-28/h1-2,4-7,10-13,25-26H,3,8-9,14-22H2. The van der Waals surface area contributed by atoms with E-state index >= 15 is 0 Å². The number of carbonyl (C=O) groups is 1. The zero-order valence-electron chi connectivity index (χ0n) is 19.1. The smallest absolute Gasteiger partial charge is 0.183 e. The van der Waals surface area contributed by atoms with Crippen LogP contribution >= 0.6 is 0 Å². The van der Waals surface area contributed by atoms with Crippen LogP contribution < -0.4 is 4.90 Å². The molecule has 3 aliphatic heterocycles. The minimum absolute atomic E-state index is 0.141. The van der Waals surface area contributed by atoms with Gasteiger partial charge in [-0.1, -0.05) is 55.0 Å². The lowest BCUT2D eigenvalue weighted by Gasteiger charge is -2.49. The molecule has 5 rings (SSSR count). The van der Waals surface area contributed by atoms with Gasteiger partial charge in [0.05, 0.1) is 0 Å². The number of hydrogen-bond acceptors (Lipinski definition) is 5. The zero-order valence-corrected chi connectivity index (χ0v) is 19.1. The minimum atomic E-state index is -0.141. The molecule has 0 radical (unpaired) electrons. The largest absolute Gasteiger partial charge is 0.368 e. The van der Waals surface area contributed by atoms with Crippen LogP contribution in [-0.2, 0) is 0 Å². The van der Waals surface area contributed by atoms with Gasteiger partial charge in [-0.15, -0.1) is 0 Å². The number of likely N-dealkylation sites (tertiary alicyclic amines) is 1. The highest BCUT2D eigenvalue weighted by molar-refractivity contribution is 6.00. The van der Waals surface area contributed by atoms with E-state index in [9.17, 15) is 4.79 Å². The molecule has 2 aromatic carbocycles. The molecule has 0 N–H and O–H groups in total. The molecule has 3 heterocycles. The monoisotopic (exact) mass is 432 g/mol. The first-order chi connectivity index (χ1) is 15.8. The van der Waals surface area contributed by atoms with Crippen molar-refractivity contribution < 1.29 is 4.79 Å². The molecule has 0 saturated carbocycles. The zero-order chi connectivity index (χ0) is 21.8. The number of hydrazine groups is 1. The maximum atomic E-state index is 13.6. The fourth-order valence-corrected chi connectivity index (χ4v) is 5.76. The Morgan fingerprint density at radius 3 is 2.06 bits per heavy atom. The highest BCUT2D eigenvalue weighted by Crippen LogP contribution is 2.26. The number of nitrogens with zero attached hydrogens (tertiary/aromatic N) is 4. The predicted octanol–water partition coefficient (Wildman–Crippen LogP) is 3.93. The summed E-state index contributed by atoms with van der Waals surface area (Å²) in [4.78, 5) is 18.7. The number of rotatable bonds is 5. The molecule has 0 spiro atoms. The number of piperidine rings is 2. The number of hydrogen-bond donors (Lipinski definition) is 0. The molecular formula is C27H36N4O. The van der Waals surface area contributed by atoms with Crippen molar-refractivity contribution in [3.05, 3.63) is 66.2 Å². The van der Waals surface area contributed by atoms with Crippen molar-refractivity contribution in [2.24, 2.45) is 0 Å². The van der Waals surface area contributed by atoms with Gasteiger partial charge in [0.2, 0.25) is 0 Å². The Morgan fingerprint density at radius 2 is 1.38 bits per heavy atom. The second-order valence-corrected chi connectivity index (χ2v) is 9.47. The van der Waals surface area contributed by atoms with Crippen molar-refractivity contribution in [2.75, 3.05) is 50.7 Å². The van der Waals surface area contributed by atoms with Crippen molar-refractivity contribution in [1.82, 2.24) is 14.9 Å². The molecule has 1 unspecified atom stereocenters. The summed E-state index contributed by atoms with van der Waals surface area (Å²) in [6, 6.07) is 21.0. The van der Waals surface area contributed by atoms with Crippen molar-refractivity contribution in [3.63, 3.8) is 0 Å². The summed E-state index contributed by atoms with van der Waals surface area (Å²) < 4.78 is 0. The molecule has 170 valence electrons. The number of Topliss-reactive ketones (excluding diaryl/α,β-unsaturated/α-hetero) is 1. The maximum Gasteiger partial charge on any atom is 0.183 e. The summed E-state index contributed by atoms with van der Waals surface area (Å²) in [5.41, 5.74) is 2.03. The van der Waals surface area contributed by atoms with E-state index in [4.69, 9.17) is 0 Å². The van der Waals surface area contributed by atoms with Crippen LogP contribution in [0.1, 0.15) is 42.5 Å². The van der Waals surface area contributed by atoms with Crippen LogP contribution in [0.5, 0.6) is 0 Å². The molecular weight excluding hydrogens is 396 g/mol. The fourth-order valence-electron chi connectivity index (χ4n) is 5.76. The Balaban J connectivity index is 1.30. The number of carbonyl (C=O) groups excluding carboxylic acids is 1. The molecule has 0 aromatic heterocycles. The number of para-hydroxylation sites is 1. The van der Waals surface area contributed by atoms with Gasteiger partial charge in [-0.2, -0.15) is 0 Å². The summed E-state index contributed by atoms with van der Waals surface area (Å²) in [6.45, 7) is 7.26. The second-order valence-electron chi connectivity index (χ2n) is 9.47. The average Bonchev–Trinajstić information content (AvgIpc) is 2.89. The van der Waals surface area contributed by atoms with E-state index < -0.39 is 0 Å². The summed E-state index contributed by atoms with van der Waals surface area (Å²) in [5, 5.41) is 4.90. The first-order valence-electron chi connectivity index (χ1n) is 12.4. The molecule has 32 heavy (non-hydrogen) atoms. The fraction of sp³-hybridized carbons (Fsp3) is 0.519. The topological polar surface area (TPSA) is 30.0 Å². The third-order valence-corrected chi connectivity index (χ3v) is 7.55. The lowest BCUT2D eigenvalue weighted by Crippen LogP contribution is -2.64. The van der Waals surface area contributed by atoms with Gasteiger partial charge in [-0.25, -0.2) is 10.0 Å². The molecule has 5 heteroatoms. The third kappa shape index (κ3) is 4.75. The molecule has 5 nitrogen and oxygen atoms in total. The first-order valence-corrected chi connectivity index (χ1v) is 12.4. The number of ketones is 1. The molecule has 0 amide bonds. The number of piperazine rings is 1. The van der Waals surface area contributed by atoms with Crippen LogP contribution in [0, 0.1) is 0 Å². The normalized spacial score (nSPS) is 24.5. The van der Waals surface area contributed by atoms with Crippen LogP contribution in [0.25, 0.3) is 0 Å². The van der Waals surface area contributed by atoms with E-state index in [-0.39, 0.29) is 11.8 Å². The van der Waals surface area contributed by atoms with Crippen LogP contribution in [0.4, 0.5) is 5.69 Å². The van der Waals surface area contributed by atoms with Gasteiger partial charge in [-0.05, 0) is 50.9 Å². The van der Waals surface area contributed by atoms with E-state index in [1.807, 2.05) is 30.3 Å². The van der Waals surface area contributed by atoms with E-state index in [0.29, 0.717) is 0 Å². The van der Waals surface area contributed by atoms with Crippen LogP contribution in [0.2, 0.25) is 0 Å². The Morgan fingerprint density at radius 1 is 0.719 bits per heavy atom. The number of benzene rings is 2. The third-order valence-electron chi connectivity index (χ3n) is 7.55. The molecule has 3 fully saturated rings. The Labute approximate surface area is 192 Å². The van der Waals surface area contributed by atoms with Gasteiger partial charge in [0.25, 0.3) is 0 Å². The van der Waals surface area contributed by atoms with Crippen molar-refractivity contribution in [1.29, 1.82) is 0 Å². The molecule has 1 atom stereocenters. The van der Waals surface area contributed by atoms with Crippen molar-refractivity contribution >= 4 is 11.5 Å². The SMILES string of the molecule is O=C(c1ccccc1)C1CN(c2ccccc2)CCN1N1CCC(N2CCCCC2)CC1. The maximum absolute atomic E-state index is 13.6. The summed E-state index contributed by atoms with van der Waals surface area (Å²) in [7, 11) is 0. The van der Waals surface area contributed by atoms with Crippen LogP contribution in [-0.4, -0.2) is 78.6 Å². The van der Waals surface area contributed by atoms with E-state index in [1.165, 1.54) is 50.9 Å². The van der Waals surface area contributed by atoms with Gasteiger partial charge < -0.3 is 9.80 Å². The predicted molar refractivity (Wildman–Crippen MR) is 130 cm³/mol. The second kappa shape index (κ2) is 10.2. The lowest BCUT2D eigenvalue weighted by atomic mass is 9.99. The Hall–Kier alpha value is -2.21. The van der Waals surface area contributed by atoms with Crippen LogP contribution in [0.15, 0.2) is 60.7 Å². The minimum Gasteiger partial charge on any atom is -0.368 e.